The summed E-state index contributed by atoms with van der Waals surface area (Å²) >= 11 is 0. The Kier molecular flexibility index (Phi) is 3.39. The first-order valence-electron chi connectivity index (χ1n) is 5.38. The highest BCUT2D eigenvalue weighted by Crippen LogP contribution is 2.18. The van der Waals surface area contributed by atoms with Gasteiger partial charge in [0.2, 0.25) is 0 Å². The van der Waals surface area contributed by atoms with Crippen LogP contribution in [-0.4, -0.2) is 29.1 Å². The molecule has 0 atom stereocenters. The summed E-state index contributed by atoms with van der Waals surface area (Å²) in [6.45, 7) is 0.425. The van der Waals surface area contributed by atoms with Gasteiger partial charge in [-0.3, -0.25) is 4.79 Å². The van der Waals surface area contributed by atoms with Gasteiger partial charge in [0.25, 0.3) is 5.91 Å². The van der Waals surface area contributed by atoms with Crippen molar-refractivity contribution in [3.05, 3.63) is 35.8 Å². The largest absolute Gasteiger partial charge is 0.396 e. The van der Waals surface area contributed by atoms with Crippen LogP contribution in [0, 0.1) is 5.82 Å². The molecule has 0 saturated heterocycles. The van der Waals surface area contributed by atoms with Gasteiger partial charge in [-0.1, -0.05) is 6.07 Å². The summed E-state index contributed by atoms with van der Waals surface area (Å²) in [6, 6.07) is 6.13. The minimum atomic E-state index is -0.354. The molecular formula is C12H13FN2O2. The van der Waals surface area contributed by atoms with Gasteiger partial charge in [-0.15, -0.1) is 0 Å². The van der Waals surface area contributed by atoms with Crippen molar-refractivity contribution >= 4 is 16.8 Å². The maximum atomic E-state index is 13.4. The van der Waals surface area contributed by atoms with Gasteiger partial charge in [-0.25, -0.2) is 4.39 Å². The van der Waals surface area contributed by atoms with Crippen molar-refractivity contribution < 1.29 is 14.3 Å². The molecule has 0 aliphatic carbocycles. The lowest BCUT2D eigenvalue weighted by molar-refractivity contribution is 0.0947. The Morgan fingerprint density at radius 2 is 2.29 bits per heavy atom. The second kappa shape index (κ2) is 4.97. The predicted octanol–water partition coefficient (Wildman–Crippen LogP) is 1.42. The Morgan fingerprint density at radius 1 is 1.47 bits per heavy atom. The third-order valence-electron chi connectivity index (χ3n) is 2.48. The van der Waals surface area contributed by atoms with Gasteiger partial charge in [0, 0.05) is 24.1 Å². The van der Waals surface area contributed by atoms with E-state index in [1.165, 1.54) is 12.1 Å². The molecule has 0 aliphatic heterocycles. The van der Waals surface area contributed by atoms with E-state index >= 15 is 0 Å². The number of aliphatic hydroxyl groups is 1. The summed E-state index contributed by atoms with van der Waals surface area (Å²) in [5.41, 5.74) is 0.917. The fraction of sp³-hybridized carbons (Fsp3) is 0.250. The molecule has 3 N–H and O–H groups in total. The second-order valence-electron chi connectivity index (χ2n) is 3.72. The lowest BCUT2D eigenvalue weighted by Crippen LogP contribution is -2.25. The average molecular weight is 236 g/mol. The van der Waals surface area contributed by atoms with Crippen LogP contribution in [0.1, 0.15) is 16.9 Å². The standard InChI is InChI=1S/C12H13FN2O2/c13-9-3-1-4-10-8(9)7-11(15-10)12(17)14-5-2-6-16/h1,3-4,7,15-16H,2,5-6H2,(H,14,17). The van der Waals surface area contributed by atoms with E-state index in [1.807, 2.05) is 0 Å². The Balaban J connectivity index is 2.19. The third kappa shape index (κ3) is 2.45. The Bertz CT molecular complexity index is 536. The third-order valence-corrected chi connectivity index (χ3v) is 2.48. The molecular weight excluding hydrogens is 223 g/mol. The first-order valence-corrected chi connectivity index (χ1v) is 5.38. The fourth-order valence-corrected chi connectivity index (χ4v) is 1.62. The number of aromatic nitrogens is 1. The minimum Gasteiger partial charge on any atom is -0.396 e. The number of nitrogens with one attached hydrogen (secondary N) is 2. The van der Waals surface area contributed by atoms with Crippen LogP contribution < -0.4 is 5.32 Å². The van der Waals surface area contributed by atoms with Gasteiger partial charge in [0.1, 0.15) is 11.5 Å². The molecule has 4 nitrogen and oxygen atoms in total. The first kappa shape index (κ1) is 11.6. The summed E-state index contributed by atoms with van der Waals surface area (Å²) in [4.78, 5) is 14.5. The Hall–Kier alpha value is -1.88. The van der Waals surface area contributed by atoms with E-state index in [-0.39, 0.29) is 18.3 Å². The zero-order valence-corrected chi connectivity index (χ0v) is 9.16. The van der Waals surface area contributed by atoms with Crippen LogP contribution in [0.2, 0.25) is 0 Å². The van der Waals surface area contributed by atoms with Crippen molar-refractivity contribution in [2.75, 3.05) is 13.2 Å². The lowest BCUT2D eigenvalue weighted by atomic mass is 10.2. The zero-order chi connectivity index (χ0) is 12.3. The maximum absolute atomic E-state index is 13.4. The second-order valence-corrected chi connectivity index (χ2v) is 3.72. The summed E-state index contributed by atoms with van der Waals surface area (Å²) in [6.07, 6.45) is 0.500. The Labute approximate surface area is 97.5 Å². The van der Waals surface area contributed by atoms with Crippen molar-refractivity contribution in [2.24, 2.45) is 0 Å². The molecule has 0 fully saturated rings. The molecule has 17 heavy (non-hydrogen) atoms. The van der Waals surface area contributed by atoms with E-state index in [4.69, 9.17) is 5.11 Å². The van der Waals surface area contributed by atoms with Gasteiger partial charge < -0.3 is 15.4 Å². The van der Waals surface area contributed by atoms with Crippen LogP contribution >= 0.6 is 0 Å². The van der Waals surface area contributed by atoms with E-state index in [9.17, 15) is 9.18 Å². The lowest BCUT2D eigenvalue weighted by Gasteiger charge is -2.00. The van der Waals surface area contributed by atoms with E-state index in [0.29, 0.717) is 29.6 Å². The van der Waals surface area contributed by atoms with Gasteiger partial charge in [-0.2, -0.15) is 0 Å². The monoisotopic (exact) mass is 236 g/mol. The molecule has 0 saturated carbocycles. The number of carbonyl (C=O) groups is 1. The number of halogens is 1. The Morgan fingerprint density at radius 3 is 3.00 bits per heavy atom. The molecule has 0 radical (unpaired) electrons. The van der Waals surface area contributed by atoms with Crippen molar-refractivity contribution in [3.63, 3.8) is 0 Å². The van der Waals surface area contributed by atoms with E-state index in [2.05, 4.69) is 10.3 Å². The molecule has 2 rings (SSSR count). The number of hydrogen-bond acceptors (Lipinski definition) is 2. The number of aromatic amines is 1. The molecule has 1 aromatic heterocycles. The van der Waals surface area contributed by atoms with Crippen LogP contribution in [0.5, 0.6) is 0 Å². The number of aliphatic hydroxyl groups excluding tert-OH is 1. The zero-order valence-electron chi connectivity index (χ0n) is 9.16. The normalized spacial score (nSPS) is 10.7. The number of carbonyl (C=O) groups excluding carboxylic acids is 1. The summed E-state index contributed by atoms with van der Waals surface area (Å²) in [7, 11) is 0. The molecule has 90 valence electrons. The topological polar surface area (TPSA) is 65.1 Å². The summed E-state index contributed by atoms with van der Waals surface area (Å²) in [5.74, 6) is -0.651. The van der Waals surface area contributed by atoms with Crippen LogP contribution in [0.4, 0.5) is 4.39 Å². The van der Waals surface area contributed by atoms with Crippen molar-refractivity contribution in [1.29, 1.82) is 0 Å². The number of hydrogen-bond donors (Lipinski definition) is 3. The molecule has 1 heterocycles. The predicted molar refractivity (Wildman–Crippen MR) is 62.3 cm³/mol. The van der Waals surface area contributed by atoms with Crippen LogP contribution in [0.3, 0.4) is 0 Å². The number of H-pyrrole nitrogens is 1. The molecule has 1 amide bonds. The highest BCUT2D eigenvalue weighted by atomic mass is 19.1. The van der Waals surface area contributed by atoms with E-state index in [1.54, 1.807) is 12.1 Å². The number of rotatable bonds is 4. The van der Waals surface area contributed by atoms with Crippen LogP contribution in [0.25, 0.3) is 10.9 Å². The number of amides is 1. The minimum absolute atomic E-state index is 0.0294. The smallest absolute Gasteiger partial charge is 0.267 e. The first-order chi connectivity index (χ1) is 8.22. The SMILES string of the molecule is O=C(NCCCO)c1cc2c(F)cccc2[nH]1. The summed E-state index contributed by atoms with van der Waals surface area (Å²) in [5, 5.41) is 11.6. The van der Waals surface area contributed by atoms with Gasteiger partial charge >= 0.3 is 0 Å². The quantitative estimate of drug-likeness (QED) is 0.703. The van der Waals surface area contributed by atoms with Crippen LogP contribution in [-0.2, 0) is 0 Å². The molecule has 0 spiro atoms. The van der Waals surface area contributed by atoms with Gasteiger partial charge in [0.05, 0.1) is 0 Å². The maximum Gasteiger partial charge on any atom is 0.267 e. The fourth-order valence-electron chi connectivity index (χ4n) is 1.62. The van der Waals surface area contributed by atoms with Crippen LogP contribution in [0.15, 0.2) is 24.3 Å². The number of fused-ring (bicyclic) bond motifs is 1. The highest BCUT2D eigenvalue weighted by Gasteiger charge is 2.10. The number of benzene rings is 1. The highest BCUT2D eigenvalue weighted by molar-refractivity contribution is 5.98. The van der Waals surface area contributed by atoms with E-state index < -0.39 is 0 Å². The summed E-state index contributed by atoms with van der Waals surface area (Å²) < 4.78 is 13.4. The average Bonchev–Trinajstić information content (AvgIpc) is 2.75. The van der Waals surface area contributed by atoms with Gasteiger partial charge in [0.15, 0.2) is 0 Å². The molecule has 0 aliphatic rings. The molecule has 1 aromatic carbocycles. The molecule has 5 heteroatoms. The van der Waals surface area contributed by atoms with Crippen molar-refractivity contribution in [1.82, 2.24) is 10.3 Å². The molecule has 0 bridgehead atoms. The molecule has 2 aromatic rings. The van der Waals surface area contributed by atoms with Crippen molar-refractivity contribution in [3.8, 4) is 0 Å². The molecule has 0 unspecified atom stereocenters. The van der Waals surface area contributed by atoms with Crippen molar-refractivity contribution in [2.45, 2.75) is 6.42 Å². The van der Waals surface area contributed by atoms with Gasteiger partial charge in [-0.05, 0) is 24.6 Å². The van der Waals surface area contributed by atoms with E-state index in [0.717, 1.165) is 0 Å².